The fourth-order valence-electron chi connectivity index (χ4n) is 3.08. The van der Waals surface area contributed by atoms with E-state index in [0.717, 1.165) is 24.0 Å². The quantitative estimate of drug-likeness (QED) is 0.724. The molecule has 2 aromatic heterocycles. The number of amides is 1. The molecular weight excluding hydrogens is 334 g/mol. The van der Waals surface area contributed by atoms with Crippen LogP contribution in [-0.4, -0.2) is 26.4 Å². The van der Waals surface area contributed by atoms with Gasteiger partial charge in [-0.25, -0.2) is 4.98 Å². The van der Waals surface area contributed by atoms with Gasteiger partial charge in [0.15, 0.2) is 0 Å². The molecule has 4 rings (SSSR count). The van der Waals surface area contributed by atoms with Gasteiger partial charge in [0.05, 0.1) is 16.6 Å². The molecule has 0 radical (unpaired) electrons. The van der Waals surface area contributed by atoms with Crippen LogP contribution in [0.5, 0.6) is 0 Å². The lowest BCUT2D eigenvalue weighted by atomic mass is 10.1. The van der Waals surface area contributed by atoms with Gasteiger partial charge in [0, 0.05) is 19.6 Å². The van der Waals surface area contributed by atoms with Crippen LogP contribution < -0.4 is 5.56 Å². The summed E-state index contributed by atoms with van der Waals surface area (Å²) in [5, 5.41) is 0.564. The lowest BCUT2D eigenvalue weighted by molar-refractivity contribution is 0.0734. The lowest BCUT2D eigenvalue weighted by Gasteiger charge is -2.22. The molecule has 0 saturated heterocycles. The van der Waals surface area contributed by atoms with Gasteiger partial charge < -0.3 is 9.47 Å². The van der Waals surface area contributed by atoms with Gasteiger partial charge in [-0.2, -0.15) is 0 Å². The molecule has 0 aliphatic heterocycles. The number of hydrogen-bond donors (Lipinski definition) is 0. The van der Waals surface area contributed by atoms with Gasteiger partial charge in [-0.1, -0.05) is 30.3 Å². The van der Waals surface area contributed by atoms with E-state index in [2.05, 4.69) is 4.98 Å². The van der Waals surface area contributed by atoms with E-state index in [1.54, 1.807) is 7.05 Å². The predicted octanol–water partition coefficient (Wildman–Crippen LogP) is 3.11. The van der Waals surface area contributed by atoms with Crippen molar-refractivity contribution < 1.29 is 4.79 Å². The SMILES string of the molecule is Cc1c(C(=O)N(Cc2ccccc2)C2CC2)sc2ncn(C)c(=O)c12. The molecule has 1 fully saturated rings. The molecule has 1 aromatic carbocycles. The van der Waals surface area contributed by atoms with Gasteiger partial charge in [-0.05, 0) is 30.9 Å². The average molecular weight is 353 g/mol. The smallest absolute Gasteiger partial charge is 0.264 e. The molecular formula is C19H19N3O2S. The minimum atomic E-state index is -0.0983. The second-order valence-electron chi connectivity index (χ2n) is 6.55. The Morgan fingerprint density at radius 1 is 1.32 bits per heavy atom. The molecule has 3 aromatic rings. The first-order chi connectivity index (χ1) is 12.1. The van der Waals surface area contributed by atoms with Crippen molar-refractivity contribution in [2.45, 2.75) is 32.4 Å². The van der Waals surface area contributed by atoms with E-state index >= 15 is 0 Å². The Labute approximate surface area is 149 Å². The molecule has 25 heavy (non-hydrogen) atoms. The summed E-state index contributed by atoms with van der Waals surface area (Å²) in [6.45, 7) is 2.45. The van der Waals surface area contributed by atoms with Crippen LogP contribution in [0.1, 0.15) is 33.6 Å². The van der Waals surface area contributed by atoms with E-state index in [0.29, 0.717) is 27.7 Å². The summed E-state index contributed by atoms with van der Waals surface area (Å²) in [4.78, 5) is 33.1. The Bertz CT molecular complexity index is 1000. The Morgan fingerprint density at radius 3 is 2.72 bits per heavy atom. The minimum Gasteiger partial charge on any atom is -0.331 e. The average Bonchev–Trinajstić information content (AvgIpc) is 3.40. The van der Waals surface area contributed by atoms with Crippen molar-refractivity contribution in [1.29, 1.82) is 0 Å². The Balaban J connectivity index is 1.74. The van der Waals surface area contributed by atoms with E-state index in [4.69, 9.17) is 0 Å². The Hall–Kier alpha value is -2.47. The van der Waals surface area contributed by atoms with Crippen LogP contribution in [0.2, 0.25) is 0 Å². The number of hydrogen-bond acceptors (Lipinski definition) is 4. The minimum absolute atomic E-state index is 0.00825. The summed E-state index contributed by atoms with van der Waals surface area (Å²) < 4.78 is 1.46. The molecule has 0 atom stereocenters. The molecule has 1 aliphatic rings. The van der Waals surface area contributed by atoms with Crippen molar-refractivity contribution >= 4 is 27.5 Å². The summed E-state index contributed by atoms with van der Waals surface area (Å²) in [6.07, 6.45) is 3.60. The fourth-order valence-corrected chi connectivity index (χ4v) is 4.17. The number of aromatic nitrogens is 2. The maximum Gasteiger partial charge on any atom is 0.264 e. The summed E-state index contributed by atoms with van der Waals surface area (Å²) in [6, 6.07) is 10.3. The zero-order valence-corrected chi connectivity index (χ0v) is 15.0. The van der Waals surface area contributed by atoms with Crippen molar-refractivity contribution in [2.75, 3.05) is 0 Å². The summed E-state index contributed by atoms with van der Waals surface area (Å²) >= 11 is 1.32. The van der Waals surface area contributed by atoms with Crippen molar-refractivity contribution in [3.8, 4) is 0 Å². The predicted molar refractivity (Wildman–Crippen MR) is 98.9 cm³/mol. The maximum absolute atomic E-state index is 13.2. The van der Waals surface area contributed by atoms with Gasteiger partial charge >= 0.3 is 0 Å². The number of nitrogens with zero attached hydrogens (tertiary/aromatic N) is 3. The third-order valence-corrected chi connectivity index (χ3v) is 5.84. The van der Waals surface area contributed by atoms with Gasteiger partial charge in [-0.3, -0.25) is 9.59 Å². The topological polar surface area (TPSA) is 55.2 Å². The molecule has 1 amide bonds. The zero-order chi connectivity index (χ0) is 17.6. The van der Waals surface area contributed by atoms with E-state index < -0.39 is 0 Å². The van der Waals surface area contributed by atoms with Crippen LogP contribution in [0.4, 0.5) is 0 Å². The van der Waals surface area contributed by atoms with E-state index in [1.165, 1.54) is 22.2 Å². The van der Waals surface area contributed by atoms with E-state index in [-0.39, 0.29) is 11.5 Å². The molecule has 0 N–H and O–H groups in total. The molecule has 5 nitrogen and oxygen atoms in total. The van der Waals surface area contributed by atoms with Crippen LogP contribution in [0, 0.1) is 6.92 Å². The van der Waals surface area contributed by atoms with Crippen LogP contribution >= 0.6 is 11.3 Å². The number of benzene rings is 1. The fraction of sp³-hybridized carbons (Fsp3) is 0.316. The lowest BCUT2D eigenvalue weighted by Crippen LogP contribution is -2.32. The standard InChI is InChI=1S/C19H19N3O2S/c1-12-15-17(20-11-21(2)18(15)23)25-16(12)19(24)22(14-8-9-14)10-13-6-4-3-5-7-13/h3-7,11,14H,8-10H2,1-2H3. The molecule has 128 valence electrons. The van der Waals surface area contributed by atoms with Crippen LogP contribution in [-0.2, 0) is 13.6 Å². The van der Waals surface area contributed by atoms with Crippen molar-refractivity contribution in [3.05, 3.63) is 63.0 Å². The number of aryl methyl sites for hydroxylation is 2. The van der Waals surface area contributed by atoms with Gasteiger partial charge in [0.25, 0.3) is 11.5 Å². The highest BCUT2D eigenvalue weighted by atomic mass is 32.1. The number of thiophene rings is 1. The summed E-state index contributed by atoms with van der Waals surface area (Å²) in [5.41, 5.74) is 1.77. The molecule has 0 spiro atoms. The molecule has 0 unspecified atom stereocenters. The highest BCUT2D eigenvalue weighted by molar-refractivity contribution is 7.20. The zero-order valence-electron chi connectivity index (χ0n) is 14.2. The van der Waals surface area contributed by atoms with Gasteiger partial charge in [0.2, 0.25) is 0 Å². The van der Waals surface area contributed by atoms with Crippen LogP contribution in [0.15, 0.2) is 41.5 Å². The van der Waals surface area contributed by atoms with Gasteiger partial charge in [-0.15, -0.1) is 11.3 Å². The van der Waals surface area contributed by atoms with Crippen molar-refractivity contribution in [1.82, 2.24) is 14.5 Å². The first kappa shape index (κ1) is 16.0. The van der Waals surface area contributed by atoms with Gasteiger partial charge in [0.1, 0.15) is 4.83 Å². The molecule has 1 saturated carbocycles. The first-order valence-corrected chi connectivity index (χ1v) is 9.17. The second-order valence-corrected chi connectivity index (χ2v) is 7.55. The van der Waals surface area contributed by atoms with Crippen molar-refractivity contribution in [3.63, 3.8) is 0 Å². The Morgan fingerprint density at radius 2 is 2.04 bits per heavy atom. The highest BCUT2D eigenvalue weighted by Gasteiger charge is 2.34. The third kappa shape index (κ3) is 2.87. The summed E-state index contributed by atoms with van der Waals surface area (Å²) in [7, 11) is 1.68. The summed E-state index contributed by atoms with van der Waals surface area (Å²) in [5.74, 6) is 0.00825. The molecule has 6 heteroatoms. The molecule has 1 aliphatic carbocycles. The second kappa shape index (κ2) is 6.11. The normalized spacial score (nSPS) is 14.0. The van der Waals surface area contributed by atoms with Crippen molar-refractivity contribution in [2.24, 2.45) is 7.05 Å². The van der Waals surface area contributed by atoms with E-state index in [1.807, 2.05) is 42.2 Å². The highest BCUT2D eigenvalue weighted by Crippen LogP contribution is 2.34. The van der Waals surface area contributed by atoms with Crippen LogP contribution in [0.3, 0.4) is 0 Å². The van der Waals surface area contributed by atoms with Crippen LogP contribution in [0.25, 0.3) is 10.2 Å². The Kier molecular flexibility index (Phi) is 3.92. The largest absolute Gasteiger partial charge is 0.331 e. The first-order valence-electron chi connectivity index (χ1n) is 8.36. The number of carbonyl (C=O) groups excluding carboxylic acids is 1. The third-order valence-electron chi connectivity index (χ3n) is 4.65. The maximum atomic E-state index is 13.2. The number of rotatable bonds is 4. The van der Waals surface area contributed by atoms with E-state index in [9.17, 15) is 9.59 Å². The monoisotopic (exact) mass is 353 g/mol. The number of fused-ring (bicyclic) bond motifs is 1. The number of carbonyl (C=O) groups is 1. The molecule has 2 heterocycles. The molecule has 0 bridgehead atoms.